The highest BCUT2D eigenvalue weighted by atomic mass is 16.5. The Morgan fingerprint density at radius 2 is 2.30 bits per heavy atom. The standard InChI is InChI=1S/C15H26N4O/c1-19(2)11-15-17-10-13-8-12(4-5-14(13)18-15)9-16-6-7-20-3/h10,12,16H,4-9,11H2,1-3H3. The number of methoxy groups -OCH3 is 1. The van der Waals surface area contributed by atoms with Gasteiger partial charge in [-0.2, -0.15) is 0 Å². The normalized spacial score (nSPS) is 18.3. The molecule has 0 aromatic carbocycles. The molecular formula is C15H26N4O. The summed E-state index contributed by atoms with van der Waals surface area (Å²) in [5, 5.41) is 3.45. The van der Waals surface area contributed by atoms with Crippen LogP contribution < -0.4 is 5.32 Å². The summed E-state index contributed by atoms with van der Waals surface area (Å²) in [6.07, 6.45) is 5.42. The van der Waals surface area contributed by atoms with Crippen molar-refractivity contribution in [1.29, 1.82) is 0 Å². The first-order valence-corrected chi connectivity index (χ1v) is 7.37. The smallest absolute Gasteiger partial charge is 0.142 e. The van der Waals surface area contributed by atoms with Crippen LogP contribution in [0, 0.1) is 5.92 Å². The maximum atomic E-state index is 5.05. The first kappa shape index (κ1) is 15.4. The van der Waals surface area contributed by atoms with Crippen LogP contribution in [0.5, 0.6) is 0 Å². The van der Waals surface area contributed by atoms with Gasteiger partial charge in [-0.3, -0.25) is 0 Å². The van der Waals surface area contributed by atoms with Gasteiger partial charge in [0.15, 0.2) is 0 Å². The summed E-state index contributed by atoms with van der Waals surface area (Å²) in [5.74, 6) is 1.63. The maximum absolute atomic E-state index is 5.05. The lowest BCUT2D eigenvalue weighted by Gasteiger charge is -2.24. The van der Waals surface area contributed by atoms with Gasteiger partial charge in [-0.1, -0.05) is 0 Å². The van der Waals surface area contributed by atoms with Crippen LogP contribution in [0.2, 0.25) is 0 Å². The number of nitrogens with zero attached hydrogens (tertiary/aromatic N) is 3. The highest BCUT2D eigenvalue weighted by Gasteiger charge is 2.20. The molecule has 0 bridgehead atoms. The van der Waals surface area contributed by atoms with Crippen molar-refractivity contribution in [3.8, 4) is 0 Å². The largest absolute Gasteiger partial charge is 0.383 e. The Morgan fingerprint density at radius 3 is 3.05 bits per heavy atom. The Hall–Kier alpha value is -1.04. The Balaban J connectivity index is 1.87. The summed E-state index contributed by atoms with van der Waals surface area (Å²) in [5.41, 5.74) is 2.59. The minimum atomic E-state index is 0.697. The second kappa shape index (κ2) is 7.67. The van der Waals surface area contributed by atoms with E-state index < -0.39 is 0 Å². The quantitative estimate of drug-likeness (QED) is 0.750. The lowest BCUT2D eigenvalue weighted by Crippen LogP contribution is -2.30. The number of nitrogens with one attached hydrogen (secondary N) is 1. The van der Waals surface area contributed by atoms with Crippen LogP contribution in [0.1, 0.15) is 23.5 Å². The number of hydrogen-bond acceptors (Lipinski definition) is 5. The molecule has 0 fully saturated rings. The number of ether oxygens (including phenoxy) is 1. The molecule has 5 heteroatoms. The molecule has 1 unspecified atom stereocenters. The molecule has 2 rings (SSSR count). The van der Waals surface area contributed by atoms with E-state index in [-0.39, 0.29) is 0 Å². The molecular weight excluding hydrogens is 252 g/mol. The molecule has 112 valence electrons. The molecule has 0 spiro atoms. The van der Waals surface area contributed by atoms with E-state index >= 15 is 0 Å². The third kappa shape index (κ3) is 4.51. The van der Waals surface area contributed by atoms with Crippen LogP contribution in [0.3, 0.4) is 0 Å². The van der Waals surface area contributed by atoms with Gasteiger partial charge in [0.1, 0.15) is 5.82 Å². The highest BCUT2D eigenvalue weighted by Crippen LogP contribution is 2.23. The zero-order chi connectivity index (χ0) is 14.4. The van der Waals surface area contributed by atoms with Crippen LogP contribution in [-0.2, 0) is 24.1 Å². The highest BCUT2D eigenvalue weighted by molar-refractivity contribution is 5.21. The number of aryl methyl sites for hydroxylation is 1. The summed E-state index contributed by atoms with van der Waals surface area (Å²) < 4.78 is 5.05. The van der Waals surface area contributed by atoms with Crippen LogP contribution >= 0.6 is 0 Å². The van der Waals surface area contributed by atoms with Crippen molar-refractivity contribution in [2.45, 2.75) is 25.8 Å². The van der Waals surface area contributed by atoms with Crippen molar-refractivity contribution in [1.82, 2.24) is 20.2 Å². The van der Waals surface area contributed by atoms with E-state index in [1.54, 1.807) is 7.11 Å². The third-order valence-electron chi connectivity index (χ3n) is 3.68. The van der Waals surface area contributed by atoms with Crippen LogP contribution in [0.4, 0.5) is 0 Å². The average molecular weight is 278 g/mol. The topological polar surface area (TPSA) is 50.3 Å². The van der Waals surface area contributed by atoms with E-state index in [4.69, 9.17) is 9.72 Å². The first-order valence-electron chi connectivity index (χ1n) is 7.37. The average Bonchev–Trinajstić information content (AvgIpc) is 2.43. The van der Waals surface area contributed by atoms with Gasteiger partial charge >= 0.3 is 0 Å². The van der Waals surface area contributed by atoms with E-state index in [0.29, 0.717) is 5.92 Å². The molecule has 1 N–H and O–H groups in total. The zero-order valence-corrected chi connectivity index (χ0v) is 12.9. The molecule has 0 saturated heterocycles. The maximum Gasteiger partial charge on any atom is 0.142 e. The molecule has 20 heavy (non-hydrogen) atoms. The SMILES string of the molecule is COCCNCC1CCc2nc(CN(C)C)ncc2C1. The van der Waals surface area contributed by atoms with Crippen molar-refractivity contribution in [2.75, 3.05) is 40.9 Å². The first-order chi connectivity index (χ1) is 9.69. The lowest BCUT2D eigenvalue weighted by molar-refractivity contribution is 0.197. The predicted molar refractivity (Wildman–Crippen MR) is 79.7 cm³/mol. The fraction of sp³-hybridized carbons (Fsp3) is 0.733. The minimum absolute atomic E-state index is 0.697. The molecule has 1 aromatic rings. The summed E-state index contributed by atoms with van der Waals surface area (Å²) in [6, 6.07) is 0. The van der Waals surface area contributed by atoms with Crippen LogP contribution in [0.15, 0.2) is 6.20 Å². The molecule has 0 aliphatic heterocycles. The van der Waals surface area contributed by atoms with Gasteiger partial charge in [0, 0.05) is 25.5 Å². The van der Waals surface area contributed by atoms with Gasteiger partial charge < -0.3 is 15.0 Å². The Bertz CT molecular complexity index is 422. The molecule has 1 heterocycles. The van der Waals surface area contributed by atoms with Crippen molar-refractivity contribution in [2.24, 2.45) is 5.92 Å². The monoisotopic (exact) mass is 278 g/mol. The fourth-order valence-corrected chi connectivity index (χ4v) is 2.64. The van der Waals surface area contributed by atoms with Crippen molar-refractivity contribution in [3.63, 3.8) is 0 Å². The van der Waals surface area contributed by atoms with E-state index in [0.717, 1.165) is 44.9 Å². The third-order valence-corrected chi connectivity index (χ3v) is 3.68. The van der Waals surface area contributed by atoms with Gasteiger partial charge in [-0.25, -0.2) is 9.97 Å². The lowest BCUT2D eigenvalue weighted by atomic mass is 9.87. The van der Waals surface area contributed by atoms with E-state index in [1.165, 1.54) is 17.7 Å². The number of aromatic nitrogens is 2. The fourth-order valence-electron chi connectivity index (χ4n) is 2.64. The van der Waals surface area contributed by atoms with E-state index in [2.05, 4.69) is 15.2 Å². The second-order valence-corrected chi connectivity index (χ2v) is 5.80. The van der Waals surface area contributed by atoms with E-state index in [9.17, 15) is 0 Å². The molecule has 1 aliphatic rings. The summed E-state index contributed by atoms with van der Waals surface area (Å²) in [4.78, 5) is 11.3. The van der Waals surface area contributed by atoms with Crippen molar-refractivity contribution < 1.29 is 4.74 Å². The van der Waals surface area contributed by atoms with Crippen LogP contribution in [0.25, 0.3) is 0 Å². The summed E-state index contributed by atoms with van der Waals surface area (Å²) in [7, 11) is 5.83. The number of hydrogen-bond donors (Lipinski definition) is 1. The summed E-state index contributed by atoms with van der Waals surface area (Å²) >= 11 is 0. The molecule has 0 amide bonds. The van der Waals surface area contributed by atoms with Gasteiger partial charge in [-0.05, 0) is 51.4 Å². The number of rotatable bonds is 7. The van der Waals surface area contributed by atoms with Gasteiger partial charge in [0.25, 0.3) is 0 Å². The molecule has 1 aromatic heterocycles. The number of fused-ring (bicyclic) bond motifs is 1. The zero-order valence-electron chi connectivity index (χ0n) is 12.9. The molecule has 1 atom stereocenters. The predicted octanol–water partition coefficient (Wildman–Crippen LogP) is 0.879. The molecule has 5 nitrogen and oxygen atoms in total. The second-order valence-electron chi connectivity index (χ2n) is 5.80. The minimum Gasteiger partial charge on any atom is -0.383 e. The molecule has 1 aliphatic carbocycles. The van der Waals surface area contributed by atoms with Crippen molar-refractivity contribution in [3.05, 3.63) is 23.3 Å². The van der Waals surface area contributed by atoms with Gasteiger partial charge in [0.05, 0.1) is 13.2 Å². The van der Waals surface area contributed by atoms with Crippen LogP contribution in [-0.4, -0.2) is 55.8 Å². The van der Waals surface area contributed by atoms with Gasteiger partial charge in [-0.15, -0.1) is 0 Å². The Labute approximate surface area is 121 Å². The molecule has 0 saturated carbocycles. The van der Waals surface area contributed by atoms with Gasteiger partial charge in [0.2, 0.25) is 0 Å². The molecule has 0 radical (unpaired) electrons. The summed E-state index contributed by atoms with van der Waals surface area (Å²) in [6.45, 7) is 3.58. The Morgan fingerprint density at radius 1 is 1.45 bits per heavy atom. The van der Waals surface area contributed by atoms with Crippen molar-refractivity contribution >= 4 is 0 Å². The van der Waals surface area contributed by atoms with E-state index in [1.807, 2.05) is 20.3 Å². The Kier molecular flexibility index (Phi) is 5.88.